The molecule has 10 heteroatoms. The van der Waals surface area contributed by atoms with Crippen LogP contribution >= 0.6 is 11.6 Å². The van der Waals surface area contributed by atoms with Gasteiger partial charge in [-0.25, -0.2) is 0 Å². The first-order chi connectivity index (χ1) is 14.6. The third kappa shape index (κ3) is 6.58. The molecule has 0 amide bonds. The molecular weight excluding hydrogens is 430 g/mol. The van der Waals surface area contributed by atoms with Gasteiger partial charge in [0.2, 0.25) is 0 Å². The number of carbonyl (C=O) groups is 1. The quantitative estimate of drug-likeness (QED) is 0.347. The van der Waals surface area contributed by atoms with E-state index in [0.717, 1.165) is 5.57 Å². The summed E-state index contributed by atoms with van der Waals surface area (Å²) in [6.45, 7) is 1.49. The molecule has 0 aliphatic rings. The van der Waals surface area contributed by atoms with Crippen LogP contribution in [0.4, 0.5) is 20.2 Å². The first kappa shape index (κ1) is 23.9. The van der Waals surface area contributed by atoms with E-state index in [1.54, 1.807) is 6.07 Å². The van der Waals surface area contributed by atoms with Crippen LogP contribution in [-0.2, 0) is 9.53 Å². The number of hydrogen-bond acceptors (Lipinski definition) is 7. The molecule has 0 fully saturated rings. The molecule has 1 aromatic heterocycles. The number of hydrogen-bond donors (Lipinski definition) is 3. The number of nitrogens with zero attached hydrogens (tertiary/aromatic N) is 1. The predicted molar refractivity (Wildman–Crippen MR) is 116 cm³/mol. The molecule has 0 spiro atoms. The Morgan fingerprint density at radius 1 is 1.26 bits per heavy atom. The third-order valence-electron chi connectivity index (χ3n) is 4.01. The fourth-order valence-corrected chi connectivity index (χ4v) is 2.82. The predicted octanol–water partition coefficient (Wildman–Crippen LogP) is 5.45. The Bertz CT molecular complexity index is 1040. The van der Waals surface area contributed by atoms with E-state index in [1.807, 2.05) is 13.8 Å². The Balaban J connectivity index is 2.58. The summed E-state index contributed by atoms with van der Waals surface area (Å²) in [6.07, 6.45) is 2.65. The molecule has 164 valence electrons. The normalized spacial score (nSPS) is 10.4. The number of anilines is 2. The zero-order chi connectivity index (χ0) is 23.1. The standard InChI is InChI=1S/C21H21ClF2N4O3/c1-11(2)15(8-25)13-6-18(20(27-9-13)16(26)10-30-12(3)29)28-17-7-14(22)4-5-19(17)31-21(23)24/h4-9,21,25-26,28H,10H2,1-3H3. The van der Waals surface area contributed by atoms with Crippen LogP contribution in [-0.4, -0.2) is 36.1 Å². The van der Waals surface area contributed by atoms with Gasteiger partial charge in [-0.05, 0) is 43.7 Å². The Kier molecular flexibility index (Phi) is 8.21. The highest BCUT2D eigenvalue weighted by atomic mass is 35.5. The SMILES string of the molecule is CC(=O)OCC(=N)c1ncc(C(C=N)=C(C)C)cc1Nc1cc(Cl)ccc1OC(F)F. The second-order valence-corrected chi connectivity index (χ2v) is 7.02. The second-order valence-electron chi connectivity index (χ2n) is 6.58. The van der Waals surface area contributed by atoms with E-state index in [9.17, 15) is 13.6 Å². The first-order valence-electron chi connectivity index (χ1n) is 9.03. The van der Waals surface area contributed by atoms with E-state index in [2.05, 4.69) is 15.0 Å². The molecule has 0 saturated heterocycles. The third-order valence-corrected chi connectivity index (χ3v) is 4.25. The number of ether oxygens (including phenoxy) is 2. The van der Waals surface area contributed by atoms with Gasteiger partial charge in [0.1, 0.15) is 18.1 Å². The fraction of sp³-hybridized carbons (Fsp3) is 0.238. The summed E-state index contributed by atoms with van der Waals surface area (Å²) in [4.78, 5) is 15.4. The monoisotopic (exact) mass is 450 g/mol. The smallest absolute Gasteiger partial charge is 0.387 e. The van der Waals surface area contributed by atoms with E-state index in [4.69, 9.17) is 27.2 Å². The van der Waals surface area contributed by atoms with Crippen molar-refractivity contribution in [3.63, 3.8) is 0 Å². The first-order valence-corrected chi connectivity index (χ1v) is 9.41. The largest absolute Gasteiger partial charge is 0.459 e. The van der Waals surface area contributed by atoms with Crippen molar-refractivity contribution >= 4 is 46.4 Å². The van der Waals surface area contributed by atoms with E-state index < -0.39 is 12.6 Å². The van der Waals surface area contributed by atoms with Gasteiger partial charge in [0.05, 0.1) is 17.1 Å². The number of benzene rings is 1. The van der Waals surface area contributed by atoms with Gasteiger partial charge in [0.25, 0.3) is 0 Å². The van der Waals surface area contributed by atoms with Crippen LogP contribution in [0.15, 0.2) is 36.0 Å². The molecule has 0 saturated carbocycles. The fourth-order valence-electron chi connectivity index (χ4n) is 2.65. The highest BCUT2D eigenvalue weighted by Crippen LogP contribution is 2.33. The molecule has 0 unspecified atom stereocenters. The summed E-state index contributed by atoms with van der Waals surface area (Å²) in [5.41, 5.74) is 2.43. The van der Waals surface area contributed by atoms with Crippen LogP contribution in [0.2, 0.25) is 5.02 Å². The highest BCUT2D eigenvalue weighted by molar-refractivity contribution is 6.31. The second kappa shape index (κ2) is 10.6. The Morgan fingerprint density at radius 2 is 1.97 bits per heavy atom. The highest BCUT2D eigenvalue weighted by Gasteiger charge is 2.17. The maximum atomic E-state index is 12.8. The Labute approximate surface area is 183 Å². The molecule has 2 rings (SSSR count). The van der Waals surface area contributed by atoms with Gasteiger partial charge in [-0.15, -0.1) is 0 Å². The van der Waals surface area contributed by atoms with Gasteiger partial charge in [-0.3, -0.25) is 15.2 Å². The molecule has 0 aliphatic carbocycles. The van der Waals surface area contributed by atoms with Gasteiger partial charge in [-0.2, -0.15) is 8.78 Å². The molecule has 0 bridgehead atoms. The van der Waals surface area contributed by atoms with Crippen molar-refractivity contribution in [3.8, 4) is 5.75 Å². The zero-order valence-corrected chi connectivity index (χ0v) is 17.8. The minimum Gasteiger partial charge on any atom is -0.459 e. The molecule has 0 radical (unpaired) electrons. The molecule has 1 heterocycles. The Morgan fingerprint density at radius 3 is 2.55 bits per heavy atom. The number of carbonyl (C=O) groups excluding carboxylic acids is 1. The summed E-state index contributed by atoms with van der Waals surface area (Å²) in [6, 6.07) is 5.70. The number of pyridine rings is 1. The van der Waals surface area contributed by atoms with Crippen molar-refractivity contribution in [1.82, 2.24) is 4.98 Å². The van der Waals surface area contributed by atoms with Crippen LogP contribution in [0.3, 0.4) is 0 Å². The van der Waals surface area contributed by atoms with E-state index in [-0.39, 0.29) is 40.2 Å². The minimum absolute atomic E-state index is 0.115. The van der Waals surface area contributed by atoms with E-state index >= 15 is 0 Å². The van der Waals surface area contributed by atoms with Gasteiger partial charge in [-0.1, -0.05) is 17.2 Å². The minimum atomic E-state index is -3.05. The lowest BCUT2D eigenvalue weighted by molar-refractivity contribution is -0.139. The molecule has 31 heavy (non-hydrogen) atoms. The molecule has 2 aromatic rings. The summed E-state index contributed by atoms with van der Waals surface area (Å²) < 4.78 is 35.1. The summed E-state index contributed by atoms with van der Waals surface area (Å²) >= 11 is 6.02. The van der Waals surface area contributed by atoms with Crippen molar-refractivity contribution < 1.29 is 23.0 Å². The average Bonchev–Trinajstić information content (AvgIpc) is 2.68. The van der Waals surface area contributed by atoms with Crippen molar-refractivity contribution in [2.24, 2.45) is 0 Å². The molecule has 3 N–H and O–H groups in total. The van der Waals surface area contributed by atoms with Crippen LogP contribution in [0.5, 0.6) is 5.75 Å². The van der Waals surface area contributed by atoms with Crippen LogP contribution in [0.1, 0.15) is 32.0 Å². The number of nitrogens with one attached hydrogen (secondary N) is 3. The van der Waals surface area contributed by atoms with Gasteiger partial charge >= 0.3 is 12.6 Å². The number of esters is 1. The van der Waals surface area contributed by atoms with Crippen molar-refractivity contribution in [1.29, 1.82) is 10.8 Å². The average molecular weight is 451 g/mol. The molecule has 0 aliphatic heterocycles. The van der Waals surface area contributed by atoms with E-state index in [0.29, 0.717) is 11.1 Å². The van der Waals surface area contributed by atoms with Crippen LogP contribution < -0.4 is 10.1 Å². The van der Waals surface area contributed by atoms with Gasteiger partial charge in [0, 0.05) is 29.9 Å². The summed E-state index contributed by atoms with van der Waals surface area (Å²) in [7, 11) is 0. The number of allylic oxidation sites excluding steroid dienone is 2. The van der Waals surface area contributed by atoms with Gasteiger partial charge in [0.15, 0.2) is 0 Å². The molecular formula is C21H21ClF2N4O3. The van der Waals surface area contributed by atoms with Crippen LogP contribution in [0, 0.1) is 10.8 Å². The number of alkyl halides is 2. The zero-order valence-electron chi connectivity index (χ0n) is 17.1. The lowest BCUT2D eigenvalue weighted by atomic mass is 10.0. The Hall–Kier alpha value is -3.33. The maximum absolute atomic E-state index is 12.8. The van der Waals surface area contributed by atoms with Crippen molar-refractivity contribution in [2.75, 3.05) is 11.9 Å². The lowest BCUT2D eigenvalue weighted by Gasteiger charge is -2.17. The number of rotatable bonds is 9. The van der Waals surface area contributed by atoms with Gasteiger partial charge < -0.3 is 20.2 Å². The summed E-state index contributed by atoms with van der Waals surface area (Å²) in [5, 5.41) is 19.1. The molecule has 1 aromatic carbocycles. The molecule has 7 nitrogen and oxygen atoms in total. The molecule has 0 atom stereocenters. The number of aromatic nitrogens is 1. The lowest BCUT2D eigenvalue weighted by Crippen LogP contribution is -2.16. The van der Waals surface area contributed by atoms with E-state index in [1.165, 1.54) is 37.5 Å². The summed E-state index contributed by atoms with van der Waals surface area (Å²) in [5.74, 6) is -0.717. The van der Waals surface area contributed by atoms with Crippen molar-refractivity contribution in [2.45, 2.75) is 27.4 Å². The number of halogens is 3. The topological polar surface area (TPSA) is 108 Å². The van der Waals surface area contributed by atoms with Crippen molar-refractivity contribution in [3.05, 3.63) is 52.3 Å². The maximum Gasteiger partial charge on any atom is 0.387 e. The van der Waals surface area contributed by atoms with Crippen LogP contribution in [0.25, 0.3) is 5.57 Å².